The highest BCUT2D eigenvalue weighted by Gasteiger charge is 2.14. The zero-order valence-electron chi connectivity index (χ0n) is 11.2. The summed E-state index contributed by atoms with van der Waals surface area (Å²) in [6, 6.07) is 5.92. The van der Waals surface area contributed by atoms with E-state index in [0.717, 1.165) is 17.0 Å². The fraction of sp³-hybridized carbons (Fsp3) is 0.214. The lowest BCUT2D eigenvalue weighted by atomic mass is 10.2. The average Bonchev–Trinajstić information content (AvgIpc) is 2.66. The summed E-state index contributed by atoms with van der Waals surface area (Å²) in [6.45, 7) is 5.92. The van der Waals surface area contributed by atoms with Crippen LogP contribution >= 0.6 is 0 Å². The highest BCUT2D eigenvalue weighted by Crippen LogP contribution is 2.26. The Morgan fingerprint density at radius 2 is 1.89 bits per heavy atom. The molecule has 0 unspecified atom stereocenters. The number of pyridine rings is 1. The molecule has 0 atom stereocenters. The molecular formula is C14H15N5. The Morgan fingerprint density at radius 1 is 1.11 bits per heavy atom. The average molecular weight is 253 g/mol. The summed E-state index contributed by atoms with van der Waals surface area (Å²) < 4.78 is 1.94. The van der Waals surface area contributed by atoms with E-state index in [1.165, 1.54) is 5.56 Å². The van der Waals surface area contributed by atoms with Crippen LogP contribution in [0.4, 0.5) is 5.82 Å². The number of anilines is 1. The maximum Gasteiger partial charge on any atom is 0.139 e. The first kappa shape index (κ1) is 11.6. The molecule has 19 heavy (non-hydrogen) atoms. The summed E-state index contributed by atoms with van der Waals surface area (Å²) in [4.78, 5) is 13.1. The topological polar surface area (TPSA) is 69.1 Å². The predicted molar refractivity (Wildman–Crippen MR) is 74.8 cm³/mol. The van der Waals surface area contributed by atoms with Crippen LogP contribution in [0.2, 0.25) is 0 Å². The maximum absolute atomic E-state index is 6.21. The number of hydrogen-bond donors (Lipinski definition) is 1. The van der Waals surface area contributed by atoms with E-state index in [4.69, 9.17) is 5.73 Å². The zero-order valence-corrected chi connectivity index (χ0v) is 11.2. The van der Waals surface area contributed by atoms with E-state index in [9.17, 15) is 0 Å². The molecule has 3 heterocycles. The summed E-state index contributed by atoms with van der Waals surface area (Å²) in [5, 5.41) is 0. The number of hydrogen-bond acceptors (Lipinski definition) is 4. The van der Waals surface area contributed by atoms with Gasteiger partial charge in [0.1, 0.15) is 23.0 Å². The number of rotatable bonds is 1. The fourth-order valence-electron chi connectivity index (χ4n) is 2.33. The molecule has 0 saturated carbocycles. The standard InChI is InChI=1S/C14H15N5/c1-8-6-9(2)19-12(7-8)18-13(14(19)15)11-4-5-16-10(3)17-11/h4-7H,15H2,1-3H3. The van der Waals surface area contributed by atoms with Crippen LogP contribution in [-0.2, 0) is 0 Å². The van der Waals surface area contributed by atoms with Crippen LogP contribution in [-0.4, -0.2) is 19.4 Å². The molecule has 0 spiro atoms. The van der Waals surface area contributed by atoms with Gasteiger partial charge < -0.3 is 5.73 Å². The summed E-state index contributed by atoms with van der Waals surface area (Å²) >= 11 is 0. The van der Waals surface area contributed by atoms with Crippen LogP contribution < -0.4 is 5.73 Å². The second-order valence-electron chi connectivity index (χ2n) is 4.70. The molecule has 3 rings (SSSR count). The normalized spacial score (nSPS) is 11.1. The van der Waals surface area contributed by atoms with Gasteiger partial charge in [-0.3, -0.25) is 4.40 Å². The van der Waals surface area contributed by atoms with Gasteiger partial charge in [0.2, 0.25) is 0 Å². The Kier molecular flexibility index (Phi) is 2.48. The number of aryl methyl sites for hydroxylation is 3. The third-order valence-corrected chi connectivity index (χ3v) is 3.10. The molecule has 5 heteroatoms. The molecule has 3 aromatic heterocycles. The van der Waals surface area contributed by atoms with Crippen molar-refractivity contribution in [3.05, 3.63) is 41.5 Å². The van der Waals surface area contributed by atoms with Gasteiger partial charge in [-0.15, -0.1) is 0 Å². The Bertz CT molecular complexity index is 773. The van der Waals surface area contributed by atoms with Gasteiger partial charge in [0.15, 0.2) is 0 Å². The monoisotopic (exact) mass is 253 g/mol. The first-order chi connectivity index (χ1) is 9.06. The number of nitrogens with two attached hydrogens (primary N) is 1. The number of fused-ring (bicyclic) bond motifs is 1. The van der Waals surface area contributed by atoms with Crippen molar-refractivity contribution in [2.24, 2.45) is 0 Å². The number of nitrogens with zero attached hydrogens (tertiary/aromatic N) is 4. The Hall–Kier alpha value is -2.43. The highest BCUT2D eigenvalue weighted by atomic mass is 15.1. The van der Waals surface area contributed by atoms with Crippen molar-refractivity contribution in [3.8, 4) is 11.4 Å². The van der Waals surface area contributed by atoms with Crippen molar-refractivity contribution in [2.45, 2.75) is 20.8 Å². The van der Waals surface area contributed by atoms with E-state index >= 15 is 0 Å². The Balaban J connectivity index is 2.31. The summed E-state index contributed by atoms with van der Waals surface area (Å²) in [5.41, 5.74) is 10.8. The second-order valence-corrected chi connectivity index (χ2v) is 4.70. The molecule has 0 aliphatic heterocycles. The summed E-state index contributed by atoms with van der Waals surface area (Å²) in [6.07, 6.45) is 1.72. The van der Waals surface area contributed by atoms with Crippen molar-refractivity contribution in [2.75, 3.05) is 5.73 Å². The first-order valence-corrected chi connectivity index (χ1v) is 6.11. The summed E-state index contributed by atoms with van der Waals surface area (Å²) in [7, 11) is 0. The fourth-order valence-corrected chi connectivity index (χ4v) is 2.33. The van der Waals surface area contributed by atoms with Gasteiger partial charge in [-0.05, 0) is 44.5 Å². The van der Waals surface area contributed by atoms with Gasteiger partial charge in [0.25, 0.3) is 0 Å². The molecule has 0 fully saturated rings. The minimum atomic E-state index is 0.616. The molecule has 0 radical (unpaired) electrons. The molecule has 0 saturated heterocycles. The summed E-state index contributed by atoms with van der Waals surface area (Å²) in [5.74, 6) is 1.33. The van der Waals surface area contributed by atoms with Crippen LogP contribution in [0.25, 0.3) is 17.0 Å². The van der Waals surface area contributed by atoms with Crippen LogP contribution in [0, 0.1) is 20.8 Å². The third kappa shape index (κ3) is 1.83. The van der Waals surface area contributed by atoms with Gasteiger partial charge >= 0.3 is 0 Å². The molecule has 0 aliphatic rings. The van der Waals surface area contributed by atoms with E-state index in [2.05, 4.69) is 21.0 Å². The minimum absolute atomic E-state index is 0.616. The lowest BCUT2D eigenvalue weighted by molar-refractivity contribution is 1.05. The van der Waals surface area contributed by atoms with E-state index < -0.39 is 0 Å². The molecular weight excluding hydrogens is 238 g/mol. The van der Waals surface area contributed by atoms with Crippen molar-refractivity contribution < 1.29 is 0 Å². The van der Waals surface area contributed by atoms with E-state index in [1.807, 2.05) is 37.3 Å². The minimum Gasteiger partial charge on any atom is -0.383 e. The van der Waals surface area contributed by atoms with E-state index in [1.54, 1.807) is 6.20 Å². The van der Waals surface area contributed by atoms with E-state index in [-0.39, 0.29) is 0 Å². The van der Waals surface area contributed by atoms with Gasteiger partial charge in [-0.1, -0.05) is 0 Å². The SMILES string of the molecule is Cc1cc(C)n2c(N)c(-c3ccnc(C)n3)nc2c1. The third-order valence-electron chi connectivity index (χ3n) is 3.10. The molecule has 0 aromatic carbocycles. The van der Waals surface area contributed by atoms with Gasteiger partial charge in [-0.2, -0.15) is 0 Å². The number of nitrogen functional groups attached to an aromatic ring is 1. The molecule has 5 nitrogen and oxygen atoms in total. The lowest BCUT2D eigenvalue weighted by Gasteiger charge is -2.03. The second kappa shape index (κ2) is 4.05. The number of aromatic nitrogens is 4. The van der Waals surface area contributed by atoms with Crippen LogP contribution in [0.1, 0.15) is 17.1 Å². The molecule has 3 aromatic rings. The smallest absolute Gasteiger partial charge is 0.139 e. The largest absolute Gasteiger partial charge is 0.383 e. The van der Waals surface area contributed by atoms with Crippen LogP contribution in [0.3, 0.4) is 0 Å². The lowest BCUT2D eigenvalue weighted by Crippen LogP contribution is -1.99. The van der Waals surface area contributed by atoms with Gasteiger partial charge in [-0.25, -0.2) is 15.0 Å². The zero-order chi connectivity index (χ0) is 13.6. The molecule has 0 aliphatic carbocycles. The van der Waals surface area contributed by atoms with Crippen LogP contribution in [0.15, 0.2) is 24.4 Å². The maximum atomic E-state index is 6.21. The van der Waals surface area contributed by atoms with Crippen molar-refractivity contribution >= 4 is 11.5 Å². The highest BCUT2D eigenvalue weighted by molar-refractivity contribution is 5.73. The van der Waals surface area contributed by atoms with Crippen molar-refractivity contribution in [3.63, 3.8) is 0 Å². The van der Waals surface area contributed by atoms with Crippen LogP contribution in [0.5, 0.6) is 0 Å². The van der Waals surface area contributed by atoms with Crippen molar-refractivity contribution in [1.82, 2.24) is 19.4 Å². The van der Waals surface area contributed by atoms with Gasteiger partial charge in [0.05, 0.1) is 5.69 Å². The predicted octanol–water partition coefficient (Wildman–Crippen LogP) is 2.30. The molecule has 0 amide bonds. The molecule has 2 N–H and O–H groups in total. The van der Waals surface area contributed by atoms with Crippen molar-refractivity contribution in [1.29, 1.82) is 0 Å². The molecule has 0 bridgehead atoms. The van der Waals surface area contributed by atoms with Gasteiger partial charge in [0, 0.05) is 11.9 Å². The first-order valence-electron chi connectivity index (χ1n) is 6.11. The Morgan fingerprint density at radius 3 is 2.63 bits per heavy atom. The quantitative estimate of drug-likeness (QED) is 0.722. The molecule has 96 valence electrons. The van der Waals surface area contributed by atoms with E-state index in [0.29, 0.717) is 17.3 Å². The Labute approximate surface area is 111 Å². The number of imidazole rings is 1.